The predicted octanol–water partition coefficient (Wildman–Crippen LogP) is 7.83. The molecule has 1 aliphatic heterocycles. The lowest BCUT2D eigenvalue weighted by Gasteiger charge is -2.30. The first kappa shape index (κ1) is 26.4. The summed E-state index contributed by atoms with van der Waals surface area (Å²) in [6.45, 7) is 12.9. The predicted molar refractivity (Wildman–Crippen MR) is 162 cm³/mol. The van der Waals surface area contributed by atoms with Gasteiger partial charge in [-0.1, -0.05) is 24.3 Å². The summed E-state index contributed by atoms with van der Waals surface area (Å²) >= 11 is 0. The minimum absolute atomic E-state index is 0.137. The Labute approximate surface area is 235 Å². The van der Waals surface area contributed by atoms with E-state index in [4.69, 9.17) is 19.4 Å². The van der Waals surface area contributed by atoms with E-state index in [-0.39, 0.29) is 6.61 Å². The van der Waals surface area contributed by atoms with Gasteiger partial charge in [0.15, 0.2) is 0 Å². The first-order chi connectivity index (χ1) is 19.2. The zero-order valence-corrected chi connectivity index (χ0v) is 24.1. The number of aryl methyl sites for hydroxylation is 3. The molecular weight excluding hydrogens is 496 g/mol. The largest absolute Gasteiger partial charge is 0.493 e. The number of rotatable bonds is 5. The van der Waals surface area contributed by atoms with Gasteiger partial charge in [0.2, 0.25) is 0 Å². The fourth-order valence-electron chi connectivity index (χ4n) is 6.20. The average Bonchev–Trinajstić information content (AvgIpc) is 2.91. The second kappa shape index (κ2) is 9.99. The number of ether oxygens (including phenoxy) is 2. The van der Waals surface area contributed by atoms with Crippen LogP contribution in [-0.2, 0) is 11.2 Å². The Balaban J connectivity index is 1.69. The summed E-state index contributed by atoms with van der Waals surface area (Å²) in [4.78, 5) is 10.1. The van der Waals surface area contributed by atoms with Gasteiger partial charge in [0.1, 0.15) is 11.9 Å². The highest BCUT2D eigenvalue weighted by Crippen LogP contribution is 2.45. The van der Waals surface area contributed by atoms with Crippen molar-refractivity contribution in [2.24, 2.45) is 0 Å². The van der Waals surface area contributed by atoms with Crippen molar-refractivity contribution < 1.29 is 14.6 Å². The first-order valence-electron chi connectivity index (χ1n) is 14.0. The Hall–Kier alpha value is -3.80. The van der Waals surface area contributed by atoms with Gasteiger partial charge in [0.05, 0.1) is 35.5 Å². The molecule has 0 spiro atoms. The third-order valence-electron chi connectivity index (χ3n) is 7.80. The van der Waals surface area contributed by atoms with Gasteiger partial charge >= 0.3 is 0 Å². The standard InChI is InChI=1S/C35H36N2O3/c1-20-8-7-9-21(2)30(20)26-12-10-24-27(37-26)18-22(3)31(29(19-38)40-35(4,5)6)33(24)25-11-13-28-32-23(15-17-39-28)14-16-36-34(25)32/h7-14,16,18,29,38H,15,17,19H2,1-6H3. The second-order valence-electron chi connectivity index (χ2n) is 11.8. The lowest BCUT2D eigenvalue weighted by Crippen LogP contribution is -2.25. The molecule has 5 nitrogen and oxygen atoms in total. The van der Waals surface area contributed by atoms with Gasteiger partial charge in [0, 0.05) is 34.5 Å². The Morgan fingerprint density at radius 1 is 0.950 bits per heavy atom. The van der Waals surface area contributed by atoms with Crippen LogP contribution in [-0.4, -0.2) is 33.9 Å². The molecule has 0 radical (unpaired) electrons. The van der Waals surface area contributed by atoms with Crippen LogP contribution in [0.15, 0.2) is 60.8 Å². The topological polar surface area (TPSA) is 64.5 Å². The quantitative estimate of drug-likeness (QED) is 0.250. The molecule has 1 N–H and O–H groups in total. The van der Waals surface area contributed by atoms with E-state index < -0.39 is 11.7 Å². The molecule has 3 heterocycles. The molecule has 0 saturated carbocycles. The maximum Gasteiger partial charge on any atom is 0.129 e. The molecule has 2 aromatic heterocycles. The molecule has 0 aliphatic carbocycles. The van der Waals surface area contributed by atoms with E-state index in [1.807, 2.05) is 27.0 Å². The van der Waals surface area contributed by atoms with Crippen molar-refractivity contribution in [2.75, 3.05) is 13.2 Å². The van der Waals surface area contributed by atoms with Crippen molar-refractivity contribution in [3.63, 3.8) is 0 Å². The molecule has 5 heteroatoms. The number of hydrogen-bond donors (Lipinski definition) is 1. The zero-order chi connectivity index (χ0) is 28.2. The van der Waals surface area contributed by atoms with Crippen LogP contribution >= 0.6 is 0 Å². The molecule has 3 aromatic carbocycles. The summed E-state index contributed by atoms with van der Waals surface area (Å²) in [6.07, 6.45) is 2.23. The summed E-state index contributed by atoms with van der Waals surface area (Å²) in [5.74, 6) is 0.867. The van der Waals surface area contributed by atoms with Gasteiger partial charge < -0.3 is 14.6 Å². The number of aliphatic hydroxyl groups is 1. The molecule has 1 aliphatic rings. The fraction of sp³-hybridized carbons (Fsp3) is 0.314. The van der Waals surface area contributed by atoms with Crippen LogP contribution in [0.4, 0.5) is 0 Å². The van der Waals surface area contributed by atoms with Crippen LogP contribution in [0, 0.1) is 20.8 Å². The van der Waals surface area contributed by atoms with E-state index in [1.165, 1.54) is 16.7 Å². The maximum atomic E-state index is 10.6. The SMILES string of the molecule is Cc1cccc(C)c1-c1ccc2c(-c3ccc4c5c(ccnc35)CCO4)c(C(CO)OC(C)(C)C)c(C)cc2n1. The molecule has 1 atom stereocenters. The normalized spacial score (nSPS) is 14.0. The van der Waals surface area contributed by atoms with E-state index in [0.29, 0.717) is 6.61 Å². The number of aromatic nitrogens is 2. The van der Waals surface area contributed by atoms with Gasteiger partial charge in [-0.2, -0.15) is 0 Å². The summed E-state index contributed by atoms with van der Waals surface area (Å²) in [5.41, 5.74) is 11.1. The Kier molecular flexibility index (Phi) is 6.60. The molecule has 0 bridgehead atoms. The summed E-state index contributed by atoms with van der Waals surface area (Å²) in [5, 5.41) is 12.7. The smallest absolute Gasteiger partial charge is 0.129 e. The lowest BCUT2D eigenvalue weighted by molar-refractivity contribution is -0.0821. The molecule has 204 valence electrons. The molecule has 0 saturated heterocycles. The van der Waals surface area contributed by atoms with Crippen molar-refractivity contribution in [2.45, 2.75) is 59.7 Å². The van der Waals surface area contributed by atoms with Crippen LogP contribution in [0.3, 0.4) is 0 Å². The molecule has 5 aromatic rings. The van der Waals surface area contributed by atoms with Gasteiger partial charge in [-0.3, -0.25) is 4.98 Å². The maximum absolute atomic E-state index is 10.6. The number of pyridine rings is 2. The molecule has 6 rings (SSSR count). The highest BCUT2D eigenvalue weighted by atomic mass is 16.5. The van der Waals surface area contributed by atoms with Crippen molar-refractivity contribution in [1.29, 1.82) is 0 Å². The number of aliphatic hydroxyl groups excluding tert-OH is 1. The van der Waals surface area contributed by atoms with Crippen molar-refractivity contribution >= 4 is 21.8 Å². The van der Waals surface area contributed by atoms with Crippen molar-refractivity contribution in [3.05, 3.63) is 88.6 Å². The summed E-state index contributed by atoms with van der Waals surface area (Å²) in [7, 11) is 0. The third-order valence-corrected chi connectivity index (χ3v) is 7.80. The van der Waals surface area contributed by atoms with E-state index in [9.17, 15) is 5.11 Å². The number of benzene rings is 3. The number of hydrogen-bond acceptors (Lipinski definition) is 5. The lowest BCUT2D eigenvalue weighted by atomic mass is 9.86. The Bertz CT molecular complexity index is 1740. The van der Waals surface area contributed by atoms with Crippen LogP contribution in [0.25, 0.3) is 44.2 Å². The average molecular weight is 533 g/mol. The number of fused-ring (bicyclic) bond motifs is 1. The molecule has 0 amide bonds. The van der Waals surface area contributed by atoms with E-state index >= 15 is 0 Å². The molecule has 40 heavy (non-hydrogen) atoms. The van der Waals surface area contributed by atoms with Crippen molar-refractivity contribution in [3.8, 4) is 28.1 Å². The summed E-state index contributed by atoms with van der Waals surface area (Å²) in [6, 6.07) is 19.0. The number of nitrogens with zero attached hydrogens (tertiary/aromatic N) is 2. The Morgan fingerprint density at radius 2 is 1.73 bits per heavy atom. The molecule has 0 fully saturated rings. The summed E-state index contributed by atoms with van der Waals surface area (Å²) < 4.78 is 12.5. The minimum atomic E-state index is -0.514. The van der Waals surface area contributed by atoms with Crippen LogP contribution in [0.5, 0.6) is 5.75 Å². The van der Waals surface area contributed by atoms with Gasteiger partial charge in [-0.05, 0) is 105 Å². The van der Waals surface area contributed by atoms with Gasteiger partial charge in [0.25, 0.3) is 0 Å². The fourth-order valence-corrected chi connectivity index (χ4v) is 6.20. The second-order valence-corrected chi connectivity index (χ2v) is 11.8. The molecule has 1 unspecified atom stereocenters. The Morgan fingerprint density at radius 3 is 2.45 bits per heavy atom. The van der Waals surface area contributed by atoms with Crippen LogP contribution < -0.4 is 4.74 Å². The van der Waals surface area contributed by atoms with Crippen LogP contribution in [0.1, 0.15) is 54.7 Å². The molecular formula is C35H36N2O3. The van der Waals surface area contributed by atoms with Gasteiger partial charge in [-0.15, -0.1) is 0 Å². The first-order valence-corrected chi connectivity index (χ1v) is 14.0. The van der Waals surface area contributed by atoms with E-state index in [1.54, 1.807) is 0 Å². The highest BCUT2D eigenvalue weighted by Gasteiger charge is 2.28. The minimum Gasteiger partial charge on any atom is -0.493 e. The van der Waals surface area contributed by atoms with E-state index in [0.717, 1.165) is 67.5 Å². The zero-order valence-electron chi connectivity index (χ0n) is 24.1. The van der Waals surface area contributed by atoms with E-state index in [2.05, 4.69) is 75.4 Å². The monoisotopic (exact) mass is 532 g/mol. The van der Waals surface area contributed by atoms with Crippen LogP contribution in [0.2, 0.25) is 0 Å². The highest BCUT2D eigenvalue weighted by molar-refractivity contribution is 6.07. The third kappa shape index (κ3) is 4.53. The van der Waals surface area contributed by atoms with Gasteiger partial charge in [-0.25, -0.2) is 4.98 Å². The van der Waals surface area contributed by atoms with Crippen molar-refractivity contribution in [1.82, 2.24) is 9.97 Å².